The average molecular weight is 238 g/mol. The van der Waals surface area contributed by atoms with Crippen LogP contribution < -0.4 is 10.5 Å². The molecular formula is C8H18N2O4S. The van der Waals surface area contributed by atoms with Crippen LogP contribution in [-0.4, -0.2) is 39.8 Å². The Balaban J connectivity index is 3.42. The second-order valence-corrected chi connectivity index (χ2v) is 4.75. The summed E-state index contributed by atoms with van der Waals surface area (Å²) in [5.74, 6) is -0.414. The summed E-state index contributed by atoms with van der Waals surface area (Å²) in [6.07, 6.45) is 0.972. The van der Waals surface area contributed by atoms with Gasteiger partial charge in [0.15, 0.2) is 0 Å². The van der Waals surface area contributed by atoms with Crippen LogP contribution >= 0.6 is 0 Å². The standard InChI is InChI=1S/C8H18N2O4S/c1-2-14-6-3-4-8(11)10-5-7-15(9,12)13/h2-7H2,1H3,(H,10,11)(H2,9,12,13). The third-order valence-electron chi connectivity index (χ3n) is 1.61. The fourth-order valence-electron chi connectivity index (χ4n) is 0.900. The minimum atomic E-state index is -3.49. The van der Waals surface area contributed by atoms with Crippen LogP contribution in [0.25, 0.3) is 0 Å². The molecule has 0 radical (unpaired) electrons. The van der Waals surface area contributed by atoms with E-state index in [-0.39, 0.29) is 18.2 Å². The summed E-state index contributed by atoms with van der Waals surface area (Å²) in [6, 6.07) is 0. The van der Waals surface area contributed by atoms with Gasteiger partial charge in [-0.2, -0.15) is 0 Å². The monoisotopic (exact) mass is 238 g/mol. The Morgan fingerprint density at radius 1 is 1.47 bits per heavy atom. The van der Waals surface area contributed by atoms with E-state index in [0.717, 1.165) is 0 Å². The van der Waals surface area contributed by atoms with Crippen molar-refractivity contribution < 1.29 is 17.9 Å². The van der Waals surface area contributed by atoms with Crippen LogP contribution in [0.15, 0.2) is 0 Å². The molecule has 0 unspecified atom stereocenters. The van der Waals surface area contributed by atoms with E-state index in [9.17, 15) is 13.2 Å². The summed E-state index contributed by atoms with van der Waals surface area (Å²) in [6.45, 7) is 3.12. The van der Waals surface area contributed by atoms with E-state index in [0.29, 0.717) is 26.1 Å². The van der Waals surface area contributed by atoms with Gasteiger partial charge in [0.2, 0.25) is 15.9 Å². The molecule has 0 aliphatic rings. The molecule has 0 saturated heterocycles. The Morgan fingerprint density at radius 2 is 2.13 bits per heavy atom. The highest BCUT2D eigenvalue weighted by Gasteiger charge is 2.04. The van der Waals surface area contributed by atoms with E-state index < -0.39 is 10.0 Å². The molecule has 1 amide bonds. The summed E-state index contributed by atoms with van der Waals surface area (Å²) in [4.78, 5) is 11.1. The quantitative estimate of drug-likeness (QED) is 0.541. The first kappa shape index (κ1) is 14.3. The number of rotatable bonds is 8. The second-order valence-electron chi connectivity index (χ2n) is 3.02. The van der Waals surface area contributed by atoms with Gasteiger partial charge in [0, 0.05) is 26.2 Å². The fourth-order valence-corrected chi connectivity index (χ4v) is 1.29. The molecule has 15 heavy (non-hydrogen) atoms. The Labute approximate surface area is 90.2 Å². The van der Waals surface area contributed by atoms with Crippen molar-refractivity contribution >= 4 is 15.9 Å². The van der Waals surface area contributed by atoms with E-state index >= 15 is 0 Å². The number of ether oxygens (including phenoxy) is 1. The molecule has 0 aromatic heterocycles. The van der Waals surface area contributed by atoms with Gasteiger partial charge in [0.25, 0.3) is 0 Å². The number of nitrogens with one attached hydrogen (secondary N) is 1. The maximum atomic E-state index is 11.1. The smallest absolute Gasteiger partial charge is 0.220 e. The predicted octanol–water partition coefficient (Wildman–Crippen LogP) is -0.792. The molecule has 0 spiro atoms. The summed E-state index contributed by atoms with van der Waals surface area (Å²) in [5.41, 5.74) is 0. The number of primary sulfonamides is 1. The molecule has 3 N–H and O–H groups in total. The van der Waals surface area contributed by atoms with Gasteiger partial charge in [0.05, 0.1) is 5.75 Å². The van der Waals surface area contributed by atoms with Crippen LogP contribution in [0.1, 0.15) is 19.8 Å². The molecule has 0 rings (SSSR count). The number of hydrogen-bond donors (Lipinski definition) is 2. The maximum absolute atomic E-state index is 11.1. The lowest BCUT2D eigenvalue weighted by atomic mass is 10.3. The number of carbonyl (C=O) groups is 1. The van der Waals surface area contributed by atoms with Crippen molar-refractivity contribution in [2.75, 3.05) is 25.5 Å². The fraction of sp³-hybridized carbons (Fsp3) is 0.875. The maximum Gasteiger partial charge on any atom is 0.220 e. The van der Waals surface area contributed by atoms with Gasteiger partial charge in [-0.05, 0) is 13.3 Å². The highest BCUT2D eigenvalue weighted by molar-refractivity contribution is 7.89. The molecule has 0 aliphatic carbocycles. The highest BCUT2D eigenvalue weighted by Crippen LogP contribution is 1.90. The van der Waals surface area contributed by atoms with Crippen LogP contribution in [0, 0.1) is 0 Å². The summed E-state index contributed by atoms with van der Waals surface area (Å²) < 4.78 is 26.1. The van der Waals surface area contributed by atoms with Gasteiger partial charge in [-0.1, -0.05) is 0 Å². The molecular weight excluding hydrogens is 220 g/mol. The summed E-state index contributed by atoms with van der Waals surface area (Å²) >= 11 is 0. The van der Waals surface area contributed by atoms with E-state index in [2.05, 4.69) is 5.32 Å². The molecule has 0 aromatic carbocycles. The zero-order valence-electron chi connectivity index (χ0n) is 8.86. The zero-order chi connectivity index (χ0) is 11.7. The van der Waals surface area contributed by atoms with Crippen LogP contribution in [0.2, 0.25) is 0 Å². The number of amides is 1. The Hall–Kier alpha value is -0.660. The molecule has 0 aromatic rings. The zero-order valence-corrected chi connectivity index (χ0v) is 9.68. The van der Waals surface area contributed by atoms with Crippen molar-refractivity contribution in [1.82, 2.24) is 5.32 Å². The van der Waals surface area contributed by atoms with Gasteiger partial charge in [-0.3, -0.25) is 4.79 Å². The number of nitrogens with two attached hydrogens (primary N) is 1. The lowest BCUT2D eigenvalue weighted by molar-refractivity contribution is -0.121. The first-order valence-corrected chi connectivity index (χ1v) is 6.52. The normalized spacial score (nSPS) is 11.3. The van der Waals surface area contributed by atoms with Crippen molar-refractivity contribution in [2.45, 2.75) is 19.8 Å². The van der Waals surface area contributed by atoms with Crippen LogP contribution in [-0.2, 0) is 19.6 Å². The molecule has 0 heterocycles. The number of carbonyl (C=O) groups excluding carboxylic acids is 1. The lowest BCUT2D eigenvalue weighted by Crippen LogP contribution is -2.31. The molecule has 0 atom stereocenters. The molecule has 7 heteroatoms. The van der Waals surface area contributed by atoms with Crippen LogP contribution in [0.5, 0.6) is 0 Å². The van der Waals surface area contributed by atoms with E-state index in [1.54, 1.807) is 0 Å². The van der Waals surface area contributed by atoms with Gasteiger partial charge in [-0.25, -0.2) is 13.6 Å². The third-order valence-corrected chi connectivity index (χ3v) is 2.38. The topological polar surface area (TPSA) is 98.5 Å². The Bertz CT molecular complexity index is 276. The first-order chi connectivity index (χ1) is 6.95. The number of hydrogen-bond acceptors (Lipinski definition) is 4. The molecule has 90 valence electrons. The molecule has 6 nitrogen and oxygen atoms in total. The van der Waals surface area contributed by atoms with Crippen molar-refractivity contribution in [3.05, 3.63) is 0 Å². The van der Waals surface area contributed by atoms with Crippen molar-refractivity contribution in [2.24, 2.45) is 5.14 Å². The van der Waals surface area contributed by atoms with Crippen LogP contribution in [0.3, 0.4) is 0 Å². The summed E-state index contributed by atoms with van der Waals surface area (Å²) in [7, 11) is -3.49. The van der Waals surface area contributed by atoms with Gasteiger partial charge in [-0.15, -0.1) is 0 Å². The largest absolute Gasteiger partial charge is 0.382 e. The van der Waals surface area contributed by atoms with Crippen molar-refractivity contribution in [3.8, 4) is 0 Å². The van der Waals surface area contributed by atoms with Gasteiger partial charge < -0.3 is 10.1 Å². The van der Waals surface area contributed by atoms with Gasteiger partial charge >= 0.3 is 0 Å². The SMILES string of the molecule is CCOCCCC(=O)NCCS(N)(=O)=O. The Kier molecular flexibility index (Phi) is 7.27. The van der Waals surface area contributed by atoms with Crippen molar-refractivity contribution in [3.63, 3.8) is 0 Å². The average Bonchev–Trinajstić information content (AvgIpc) is 2.10. The molecule has 0 saturated carbocycles. The van der Waals surface area contributed by atoms with Crippen LogP contribution in [0.4, 0.5) is 0 Å². The van der Waals surface area contributed by atoms with Gasteiger partial charge in [0.1, 0.15) is 0 Å². The van der Waals surface area contributed by atoms with Crippen molar-refractivity contribution in [1.29, 1.82) is 0 Å². The van der Waals surface area contributed by atoms with E-state index in [4.69, 9.17) is 9.88 Å². The molecule has 0 fully saturated rings. The summed E-state index contributed by atoms with van der Waals surface area (Å²) in [5, 5.41) is 7.22. The Morgan fingerprint density at radius 3 is 2.67 bits per heavy atom. The minimum Gasteiger partial charge on any atom is -0.382 e. The van der Waals surface area contributed by atoms with E-state index in [1.807, 2.05) is 6.92 Å². The molecule has 0 bridgehead atoms. The molecule has 0 aliphatic heterocycles. The first-order valence-electron chi connectivity index (χ1n) is 4.80. The highest BCUT2D eigenvalue weighted by atomic mass is 32.2. The van der Waals surface area contributed by atoms with E-state index in [1.165, 1.54) is 0 Å². The lowest BCUT2D eigenvalue weighted by Gasteiger charge is -2.04. The third kappa shape index (κ3) is 11.3. The second kappa shape index (κ2) is 7.61. The predicted molar refractivity (Wildman–Crippen MR) is 56.7 cm³/mol. The minimum absolute atomic E-state index is 0.0618. The number of sulfonamides is 1.